The molecule has 0 radical (unpaired) electrons. The van der Waals surface area contributed by atoms with Crippen molar-refractivity contribution in [3.8, 4) is 33.4 Å². The quantitative estimate of drug-likeness (QED) is 0.114. The normalized spacial score (nSPS) is 14.1. The molecule has 13 aromatic rings. The average molecular weight is 1040 g/mol. The maximum atomic E-state index is 2.62. The molecule has 3 unspecified atom stereocenters. The van der Waals surface area contributed by atoms with E-state index in [2.05, 4.69) is 265 Å². The van der Waals surface area contributed by atoms with Crippen molar-refractivity contribution in [1.29, 1.82) is 0 Å². The monoisotopic (exact) mass is 1040 g/mol. The van der Waals surface area contributed by atoms with E-state index in [1.807, 2.05) is 22.7 Å². The third-order valence-electron chi connectivity index (χ3n) is 17.8. The van der Waals surface area contributed by atoms with Crippen molar-refractivity contribution >= 4 is 73.8 Å². The molecule has 0 N–H and O–H groups in total. The highest BCUT2D eigenvalue weighted by Crippen LogP contribution is 2.54. The summed E-state index contributed by atoms with van der Waals surface area (Å²) >= 11 is 3.84. The summed E-state index contributed by atoms with van der Waals surface area (Å²) < 4.78 is 5.44. The van der Waals surface area contributed by atoms with E-state index >= 15 is 0 Å². The molecule has 3 atom stereocenters. The number of aryl methyl sites for hydroxylation is 3. The molecular formula is C76H62S2. The first-order chi connectivity index (χ1) is 38.2. The standard InChI is InChI=1S/C76H62S2/c1-47-42-50(34-38-56(47)51-20-8-6-9-21-51)44-66(62-29-19-33-72-75(62)65-27-15-17-31-70(65)78-72)49(3)53-35-41-63-67(45-53)76(4,5)68-46-55(58-24-12-13-25-60(58)73(63)68)37-40-59(54-36-39-57(48(2)43-54)52-22-10-7-11-23-52)61-28-18-32-71-74(61)64-26-14-16-30-69(64)77-71/h6-36,38-39,41-43,45-46,49,59,66H,37,40,44H2,1-5H3. The van der Waals surface area contributed by atoms with Gasteiger partial charge in [-0.05, 0) is 169 Å². The van der Waals surface area contributed by atoms with Crippen LogP contribution in [0.5, 0.6) is 0 Å². The fourth-order valence-electron chi connectivity index (χ4n) is 13.9. The highest BCUT2D eigenvalue weighted by Gasteiger charge is 2.38. The lowest BCUT2D eigenvalue weighted by Gasteiger charge is -2.28. The summed E-state index contributed by atoms with van der Waals surface area (Å²) in [5.74, 6) is 0.691. The molecule has 14 rings (SSSR count). The molecule has 0 saturated carbocycles. The number of rotatable bonds is 12. The molecule has 0 nitrogen and oxygen atoms in total. The maximum Gasteiger partial charge on any atom is 0.0358 e. The molecule has 0 spiro atoms. The summed E-state index contributed by atoms with van der Waals surface area (Å²) in [7, 11) is 0. The molecule has 11 aromatic carbocycles. The van der Waals surface area contributed by atoms with Crippen molar-refractivity contribution in [2.75, 3.05) is 0 Å². The molecule has 2 heteroatoms. The summed E-state index contributed by atoms with van der Waals surface area (Å²) in [4.78, 5) is 0. The van der Waals surface area contributed by atoms with E-state index in [1.54, 1.807) is 0 Å². The number of thiophene rings is 2. The van der Waals surface area contributed by atoms with Crippen LogP contribution in [0.2, 0.25) is 0 Å². The summed E-state index contributed by atoms with van der Waals surface area (Å²) in [5.41, 5.74) is 21.8. The Hall–Kier alpha value is -7.88. The number of hydrogen-bond acceptors (Lipinski definition) is 2. The molecule has 0 fully saturated rings. The van der Waals surface area contributed by atoms with Crippen LogP contribution >= 0.6 is 22.7 Å². The average Bonchev–Trinajstić information content (AvgIpc) is 4.17. The van der Waals surface area contributed by atoms with Gasteiger partial charge in [0.05, 0.1) is 0 Å². The van der Waals surface area contributed by atoms with Gasteiger partial charge in [0.1, 0.15) is 0 Å². The largest absolute Gasteiger partial charge is 0.135 e. The molecule has 0 aliphatic heterocycles. The van der Waals surface area contributed by atoms with Gasteiger partial charge < -0.3 is 0 Å². The number of benzene rings is 11. The summed E-state index contributed by atoms with van der Waals surface area (Å²) in [5, 5.41) is 8.30. The minimum Gasteiger partial charge on any atom is -0.135 e. The molecule has 2 aromatic heterocycles. The zero-order valence-electron chi connectivity index (χ0n) is 45.1. The van der Waals surface area contributed by atoms with E-state index < -0.39 is 0 Å². The van der Waals surface area contributed by atoms with Gasteiger partial charge in [-0.2, -0.15) is 0 Å². The lowest BCUT2D eigenvalue weighted by atomic mass is 9.75. The van der Waals surface area contributed by atoms with E-state index in [4.69, 9.17) is 0 Å². The van der Waals surface area contributed by atoms with Crippen molar-refractivity contribution < 1.29 is 0 Å². The smallest absolute Gasteiger partial charge is 0.0358 e. The van der Waals surface area contributed by atoms with E-state index in [9.17, 15) is 0 Å². The van der Waals surface area contributed by atoms with E-state index in [1.165, 1.54) is 140 Å². The van der Waals surface area contributed by atoms with E-state index in [-0.39, 0.29) is 23.2 Å². The van der Waals surface area contributed by atoms with Crippen LogP contribution in [0.4, 0.5) is 0 Å². The first-order valence-corrected chi connectivity index (χ1v) is 29.6. The fourth-order valence-corrected chi connectivity index (χ4v) is 16.1. The Morgan fingerprint density at radius 1 is 0.423 bits per heavy atom. The van der Waals surface area contributed by atoms with Crippen LogP contribution < -0.4 is 0 Å². The highest BCUT2D eigenvalue weighted by molar-refractivity contribution is 7.26. The lowest BCUT2D eigenvalue weighted by molar-refractivity contribution is 0.573. The lowest BCUT2D eigenvalue weighted by Crippen LogP contribution is -2.17. The van der Waals surface area contributed by atoms with Gasteiger partial charge in [-0.25, -0.2) is 0 Å². The molecule has 0 bridgehead atoms. The Morgan fingerprint density at radius 3 is 1.59 bits per heavy atom. The third kappa shape index (κ3) is 8.23. The molecule has 0 amide bonds. The Morgan fingerprint density at radius 2 is 0.949 bits per heavy atom. The van der Waals surface area contributed by atoms with Crippen LogP contribution in [-0.4, -0.2) is 0 Å². The molecule has 378 valence electrons. The maximum absolute atomic E-state index is 2.62. The molecule has 1 aliphatic rings. The summed E-state index contributed by atoms with van der Waals surface area (Å²) in [6.07, 6.45) is 2.90. The van der Waals surface area contributed by atoms with Crippen molar-refractivity contribution in [2.45, 2.75) is 77.0 Å². The SMILES string of the molecule is Cc1cc(CC(c2cccc3sc4ccccc4c23)C(C)c2ccc3c(c2)C(C)(C)c2cc(CCC(c4ccc(-c5ccccc5)c(C)c4)c4cccc5sc6ccccc6c45)c4ccccc4c2-3)ccc1-c1ccccc1. The van der Waals surface area contributed by atoms with Crippen molar-refractivity contribution in [1.82, 2.24) is 0 Å². The van der Waals surface area contributed by atoms with Gasteiger partial charge in [0, 0.05) is 51.7 Å². The van der Waals surface area contributed by atoms with Gasteiger partial charge >= 0.3 is 0 Å². The molecule has 0 saturated heterocycles. The van der Waals surface area contributed by atoms with Gasteiger partial charge in [0.25, 0.3) is 0 Å². The topological polar surface area (TPSA) is 0 Å². The molecule has 1 aliphatic carbocycles. The molecule has 78 heavy (non-hydrogen) atoms. The molecular weight excluding hydrogens is 977 g/mol. The van der Waals surface area contributed by atoms with Crippen LogP contribution in [-0.2, 0) is 18.3 Å². The minimum absolute atomic E-state index is 0.201. The minimum atomic E-state index is -0.201. The second kappa shape index (κ2) is 19.5. The van der Waals surface area contributed by atoms with E-state index in [0.717, 1.165) is 19.3 Å². The predicted molar refractivity (Wildman–Crippen MR) is 338 cm³/mol. The number of fused-ring (bicyclic) bond motifs is 11. The highest BCUT2D eigenvalue weighted by atomic mass is 32.1. The first kappa shape index (κ1) is 48.5. The predicted octanol–water partition coefficient (Wildman–Crippen LogP) is 21.7. The van der Waals surface area contributed by atoms with Crippen LogP contribution in [0.1, 0.15) is 101 Å². The van der Waals surface area contributed by atoms with Crippen molar-refractivity contribution in [3.05, 3.63) is 286 Å². The van der Waals surface area contributed by atoms with Crippen molar-refractivity contribution in [3.63, 3.8) is 0 Å². The second-order valence-electron chi connectivity index (χ2n) is 22.7. The van der Waals surface area contributed by atoms with Crippen LogP contribution in [0.25, 0.3) is 84.5 Å². The van der Waals surface area contributed by atoms with Gasteiger partial charge in [-0.15, -0.1) is 22.7 Å². The molecule has 2 heterocycles. The van der Waals surface area contributed by atoms with Crippen molar-refractivity contribution in [2.24, 2.45) is 0 Å². The van der Waals surface area contributed by atoms with Crippen LogP contribution in [0.3, 0.4) is 0 Å². The Labute approximate surface area is 467 Å². The van der Waals surface area contributed by atoms with Gasteiger partial charge in [0.2, 0.25) is 0 Å². The summed E-state index contributed by atoms with van der Waals surface area (Å²) in [6.45, 7) is 12.0. The summed E-state index contributed by atoms with van der Waals surface area (Å²) in [6, 6.07) is 87.8. The van der Waals surface area contributed by atoms with Gasteiger partial charge in [-0.1, -0.05) is 227 Å². The van der Waals surface area contributed by atoms with Crippen LogP contribution in [0, 0.1) is 13.8 Å². The third-order valence-corrected chi connectivity index (χ3v) is 20.1. The van der Waals surface area contributed by atoms with E-state index in [0.29, 0.717) is 0 Å². The van der Waals surface area contributed by atoms with Gasteiger partial charge in [0.15, 0.2) is 0 Å². The Bertz CT molecular complexity index is 4430. The Kier molecular flexibility index (Phi) is 12.1. The van der Waals surface area contributed by atoms with Crippen LogP contribution in [0.15, 0.2) is 231 Å². The zero-order chi connectivity index (χ0) is 52.6. The zero-order valence-corrected chi connectivity index (χ0v) is 46.7. The van der Waals surface area contributed by atoms with Gasteiger partial charge in [-0.3, -0.25) is 0 Å². The first-order valence-electron chi connectivity index (χ1n) is 28.0. The second-order valence-corrected chi connectivity index (χ2v) is 24.9. The number of hydrogen-bond donors (Lipinski definition) is 0. The fraction of sp³-hybridized carbons (Fsp3) is 0.158. The Balaban J connectivity index is 0.850.